The van der Waals surface area contributed by atoms with Crippen LogP contribution in [0, 0.1) is 5.41 Å². The lowest BCUT2D eigenvalue weighted by molar-refractivity contribution is -0.156. The van der Waals surface area contributed by atoms with Gasteiger partial charge in [-0.1, -0.05) is 12.2 Å². The molecule has 0 aromatic rings. The molecule has 3 aliphatic carbocycles. The number of alkyl halides is 1. The van der Waals surface area contributed by atoms with Crippen LogP contribution in [0.3, 0.4) is 0 Å². The summed E-state index contributed by atoms with van der Waals surface area (Å²) in [5, 5.41) is 0. The van der Waals surface area contributed by atoms with Crippen LogP contribution < -0.4 is 0 Å². The third-order valence-corrected chi connectivity index (χ3v) is 3.36. The second kappa shape index (κ2) is 3.07. The Labute approximate surface area is 83.1 Å². The molecule has 0 radical (unpaired) electrons. The molecule has 2 bridgehead atoms. The van der Waals surface area contributed by atoms with Crippen molar-refractivity contribution in [3.05, 3.63) is 12.2 Å². The summed E-state index contributed by atoms with van der Waals surface area (Å²) in [6.07, 6.45) is 5.39. The number of rotatable bonds is 2. The molecule has 0 spiro atoms. The minimum Gasteiger partial charge on any atom is -0.465 e. The van der Waals surface area contributed by atoms with Crippen LogP contribution in [-0.2, 0) is 9.53 Å². The van der Waals surface area contributed by atoms with Crippen molar-refractivity contribution in [3.8, 4) is 0 Å². The Morgan fingerprint density at radius 3 is 2.43 bits per heavy atom. The lowest BCUT2D eigenvalue weighted by Crippen LogP contribution is -2.44. The third-order valence-electron chi connectivity index (χ3n) is 3.36. The molecule has 14 heavy (non-hydrogen) atoms. The Bertz CT molecular complexity index is 275. The molecule has 0 aromatic heterocycles. The summed E-state index contributed by atoms with van der Waals surface area (Å²) in [5.41, 5.74) is -1.65. The minimum absolute atomic E-state index is 0.182. The highest BCUT2D eigenvalue weighted by atomic mass is 19.1. The molecule has 1 saturated carbocycles. The van der Waals surface area contributed by atoms with Gasteiger partial charge >= 0.3 is 5.97 Å². The van der Waals surface area contributed by atoms with Crippen molar-refractivity contribution in [2.24, 2.45) is 5.41 Å². The highest BCUT2D eigenvalue weighted by Gasteiger charge is 2.49. The fourth-order valence-electron chi connectivity index (χ4n) is 2.30. The molecular weight excluding hydrogens is 183 g/mol. The number of esters is 1. The number of allylic oxidation sites excluding steroid dienone is 1. The molecule has 1 fully saturated rings. The zero-order valence-corrected chi connectivity index (χ0v) is 8.38. The zero-order valence-electron chi connectivity index (χ0n) is 8.38. The largest absolute Gasteiger partial charge is 0.465 e. The predicted molar refractivity (Wildman–Crippen MR) is 50.5 cm³/mol. The topological polar surface area (TPSA) is 26.3 Å². The van der Waals surface area contributed by atoms with Crippen LogP contribution in [-0.4, -0.2) is 18.2 Å². The van der Waals surface area contributed by atoms with Crippen molar-refractivity contribution >= 4 is 5.97 Å². The molecule has 0 aromatic carbocycles. The second-order valence-corrected chi connectivity index (χ2v) is 4.24. The Balaban J connectivity index is 2.19. The van der Waals surface area contributed by atoms with Crippen molar-refractivity contribution in [2.75, 3.05) is 6.61 Å². The number of hydrogen-bond donors (Lipinski definition) is 0. The van der Waals surface area contributed by atoms with Crippen LogP contribution in [0.2, 0.25) is 0 Å². The van der Waals surface area contributed by atoms with Gasteiger partial charge in [-0.2, -0.15) is 0 Å². The molecule has 0 N–H and O–H groups in total. The van der Waals surface area contributed by atoms with Gasteiger partial charge < -0.3 is 4.74 Å². The Morgan fingerprint density at radius 2 is 2.00 bits per heavy atom. The fourth-order valence-corrected chi connectivity index (χ4v) is 2.30. The average molecular weight is 198 g/mol. The third kappa shape index (κ3) is 1.35. The van der Waals surface area contributed by atoms with E-state index in [-0.39, 0.29) is 5.97 Å². The first-order valence-electron chi connectivity index (χ1n) is 5.17. The van der Waals surface area contributed by atoms with Gasteiger partial charge in [-0.15, -0.1) is 0 Å². The van der Waals surface area contributed by atoms with Gasteiger partial charge in [-0.3, -0.25) is 4.79 Å². The first-order chi connectivity index (χ1) is 6.60. The van der Waals surface area contributed by atoms with E-state index in [0.29, 0.717) is 32.3 Å². The number of ether oxygens (including phenoxy) is 1. The van der Waals surface area contributed by atoms with E-state index < -0.39 is 11.1 Å². The summed E-state index contributed by atoms with van der Waals surface area (Å²) >= 11 is 0. The first kappa shape index (κ1) is 9.69. The number of hydrogen-bond acceptors (Lipinski definition) is 2. The summed E-state index contributed by atoms with van der Waals surface area (Å²) in [6.45, 7) is 2.19. The van der Waals surface area contributed by atoms with E-state index in [1.165, 1.54) is 0 Å². The van der Waals surface area contributed by atoms with E-state index in [9.17, 15) is 9.18 Å². The van der Waals surface area contributed by atoms with Crippen LogP contribution in [0.15, 0.2) is 12.2 Å². The van der Waals surface area contributed by atoms with Gasteiger partial charge in [0.25, 0.3) is 0 Å². The average Bonchev–Trinajstić information content (AvgIpc) is 2.20. The number of halogens is 1. The van der Waals surface area contributed by atoms with Gasteiger partial charge in [-0.25, -0.2) is 4.39 Å². The zero-order chi connectivity index (χ0) is 10.2. The molecular formula is C11H15FO2. The van der Waals surface area contributed by atoms with Crippen molar-refractivity contribution < 1.29 is 13.9 Å². The Morgan fingerprint density at radius 1 is 1.36 bits per heavy atom. The van der Waals surface area contributed by atoms with Gasteiger partial charge in [0, 0.05) is 0 Å². The maximum Gasteiger partial charge on any atom is 0.315 e. The summed E-state index contributed by atoms with van der Waals surface area (Å²) in [7, 11) is 0. The number of fused-ring (bicyclic) bond motifs is 2. The summed E-state index contributed by atoms with van der Waals surface area (Å²) in [5.74, 6) is -0.182. The van der Waals surface area contributed by atoms with Gasteiger partial charge in [0.2, 0.25) is 0 Å². The standard InChI is InChI=1S/C11H15FO2/c1-2-14-9(13)10-3-6-11(12,7-4-10)8-5-10/h3,6H,2,4-5,7-8H2,1H3. The fraction of sp³-hybridized carbons (Fsp3) is 0.727. The van der Waals surface area contributed by atoms with E-state index in [4.69, 9.17) is 4.74 Å². The van der Waals surface area contributed by atoms with Crippen molar-refractivity contribution in [1.29, 1.82) is 0 Å². The molecule has 2 nitrogen and oxygen atoms in total. The van der Waals surface area contributed by atoms with Crippen molar-refractivity contribution in [2.45, 2.75) is 38.3 Å². The summed E-state index contributed by atoms with van der Waals surface area (Å²) < 4.78 is 18.7. The van der Waals surface area contributed by atoms with Gasteiger partial charge in [0.1, 0.15) is 5.67 Å². The first-order valence-corrected chi connectivity index (χ1v) is 5.17. The van der Waals surface area contributed by atoms with Crippen LogP contribution >= 0.6 is 0 Å². The molecule has 0 saturated heterocycles. The molecule has 0 atom stereocenters. The van der Waals surface area contributed by atoms with Crippen molar-refractivity contribution in [3.63, 3.8) is 0 Å². The van der Waals surface area contributed by atoms with Crippen LogP contribution in [0.5, 0.6) is 0 Å². The van der Waals surface area contributed by atoms with E-state index in [0.717, 1.165) is 0 Å². The number of carbonyl (C=O) groups is 1. The van der Waals surface area contributed by atoms with E-state index >= 15 is 0 Å². The molecule has 78 valence electrons. The molecule has 3 heteroatoms. The summed E-state index contributed by atoms with van der Waals surface area (Å²) in [6, 6.07) is 0. The second-order valence-electron chi connectivity index (χ2n) is 4.24. The molecule has 3 aliphatic rings. The van der Waals surface area contributed by atoms with E-state index in [2.05, 4.69) is 0 Å². The molecule has 0 heterocycles. The van der Waals surface area contributed by atoms with Gasteiger partial charge in [-0.05, 0) is 32.6 Å². The quantitative estimate of drug-likeness (QED) is 0.503. The monoisotopic (exact) mass is 198 g/mol. The van der Waals surface area contributed by atoms with Crippen LogP contribution in [0.25, 0.3) is 0 Å². The van der Waals surface area contributed by atoms with E-state index in [1.54, 1.807) is 19.1 Å². The normalized spacial score (nSPS) is 39.9. The smallest absolute Gasteiger partial charge is 0.315 e. The maximum atomic E-state index is 13.7. The molecule has 0 unspecified atom stereocenters. The summed E-state index contributed by atoms with van der Waals surface area (Å²) in [4.78, 5) is 11.7. The Kier molecular flexibility index (Phi) is 2.13. The van der Waals surface area contributed by atoms with Crippen LogP contribution in [0.4, 0.5) is 4.39 Å². The maximum absolute atomic E-state index is 13.7. The SMILES string of the molecule is CCOC(=O)C12C=CC(F)(CC1)CC2. The highest BCUT2D eigenvalue weighted by Crippen LogP contribution is 2.50. The van der Waals surface area contributed by atoms with Crippen LogP contribution in [0.1, 0.15) is 32.6 Å². The number of carbonyl (C=O) groups excluding carboxylic acids is 1. The van der Waals surface area contributed by atoms with Gasteiger partial charge in [0.15, 0.2) is 0 Å². The van der Waals surface area contributed by atoms with Crippen molar-refractivity contribution in [1.82, 2.24) is 0 Å². The predicted octanol–water partition coefficient (Wildman–Crippen LogP) is 2.39. The highest BCUT2D eigenvalue weighted by molar-refractivity contribution is 5.80. The van der Waals surface area contributed by atoms with E-state index in [1.807, 2.05) is 0 Å². The lowest BCUT2D eigenvalue weighted by atomic mass is 9.64. The molecule has 0 aliphatic heterocycles. The molecule has 0 amide bonds. The Hall–Kier alpha value is -0.860. The minimum atomic E-state index is -1.14. The molecule has 3 rings (SSSR count). The lowest BCUT2D eigenvalue weighted by Gasteiger charge is -2.42. The van der Waals surface area contributed by atoms with Gasteiger partial charge in [0.05, 0.1) is 12.0 Å².